The minimum Gasteiger partial charge on any atom is -0.386 e. The summed E-state index contributed by atoms with van der Waals surface area (Å²) in [5.74, 6) is 0.315. The summed E-state index contributed by atoms with van der Waals surface area (Å²) in [5, 5.41) is 21.7. The maximum absolute atomic E-state index is 7.39. The average molecular weight is 367 g/mol. The minimum absolute atomic E-state index is 0.0297. The molecule has 0 aromatic heterocycles. The molecule has 0 spiro atoms. The summed E-state index contributed by atoms with van der Waals surface area (Å²) in [5.41, 5.74) is 21.7. The molecule has 2 fully saturated rings. The van der Waals surface area contributed by atoms with E-state index in [-0.39, 0.29) is 23.8 Å². The molecule has 2 rings (SSSR count). The molecule has 1 atom stereocenters. The van der Waals surface area contributed by atoms with E-state index in [2.05, 4.69) is 4.99 Å². The molecule has 0 saturated carbocycles. The molecule has 148 valence electrons. The molecule has 1 unspecified atom stereocenters. The normalized spacial score (nSPS) is 21.7. The first-order chi connectivity index (χ1) is 12.3. The first kappa shape index (κ1) is 21.5. The molecule has 2 saturated heterocycles. The number of guanidine groups is 3. The van der Waals surface area contributed by atoms with E-state index in [4.69, 9.17) is 39.2 Å². The number of hydrogen-bond donors (Lipinski definition) is 7. The van der Waals surface area contributed by atoms with Crippen LogP contribution < -0.4 is 22.9 Å². The molecule has 0 radical (unpaired) electrons. The van der Waals surface area contributed by atoms with Gasteiger partial charge >= 0.3 is 0 Å². The third-order valence-electron chi connectivity index (χ3n) is 4.59. The Hall–Kier alpha value is -2.52. The van der Waals surface area contributed by atoms with Crippen LogP contribution in [0.2, 0.25) is 0 Å². The van der Waals surface area contributed by atoms with Crippen LogP contribution in [0, 0.1) is 16.2 Å². The van der Waals surface area contributed by atoms with Gasteiger partial charge in [0.1, 0.15) is 5.84 Å². The van der Waals surface area contributed by atoms with Crippen molar-refractivity contribution in [3.8, 4) is 0 Å². The van der Waals surface area contributed by atoms with Crippen molar-refractivity contribution in [1.29, 1.82) is 16.2 Å². The quantitative estimate of drug-likeness (QED) is 0.254. The SMILES string of the molecule is N=C(N)C1CCCCCN1C(=N)N.N=C(N)N=C(N)N1CCCCCC1. The number of likely N-dealkylation sites (tertiary alicyclic amines) is 2. The molecule has 0 aromatic rings. The van der Waals surface area contributed by atoms with Crippen LogP contribution in [0.25, 0.3) is 0 Å². The van der Waals surface area contributed by atoms with Gasteiger partial charge in [0.25, 0.3) is 0 Å². The third kappa shape index (κ3) is 7.58. The number of nitrogens with two attached hydrogens (primary N) is 4. The van der Waals surface area contributed by atoms with Crippen LogP contribution in [0.4, 0.5) is 0 Å². The van der Waals surface area contributed by atoms with Crippen LogP contribution in [0.1, 0.15) is 51.4 Å². The van der Waals surface area contributed by atoms with Crippen molar-refractivity contribution in [2.45, 2.75) is 57.4 Å². The lowest BCUT2D eigenvalue weighted by Crippen LogP contribution is -2.49. The Morgan fingerprint density at radius 1 is 0.769 bits per heavy atom. The molecule has 10 nitrogen and oxygen atoms in total. The lowest BCUT2D eigenvalue weighted by atomic mass is 10.1. The largest absolute Gasteiger partial charge is 0.386 e. The van der Waals surface area contributed by atoms with Crippen LogP contribution in [0.5, 0.6) is 0 Å². The van der Waals surface area contributed by atoms with Gasteiger partial charge in [0.05, 0.1) is 6.04 Å². The van der Waals surface area contributed by atoms with E-state index in [1.165, 1.54) is 12.8 Å². The Labute approximate surface area is 155 Å². The number of nitrogens with one attached hydrogen (secondary N) is 3. The van der Waals surface area contributed by atoms with Crippen molar-refractivity contribution in [2.75, 3.05) is 19.6 Å². The molecule has 0 amide bonds. The summed E-state index contributed by atoms with van der Waals surface area (Å²) in [4.78, 5) is 7.44. The van der Waals surface area contributed by atoms with E-state index in [1.807, 2.05) is 4.90 Å². The second-order valence-corrected chi connectivity index (χ2v) is 6.66. The molecule has 0 bridgehead atoms. The van der Waals surface area contributed by atoms with Crippen LogP contribution in [-0.2, 0) is 0 Å². The first-order valence-corrected chi connectivity index (χ1v) is 9.20. The fraction of sp³-hybridized carbons (Fsp3) is 0.750. The molecule has 10 heteroatoms. The lowest BCUT2D eigenvalue weighted by Gasteiger charge is -2.28. The van der Waals surface area contributed by atoms with Gasteiger partial charge in [-0.15, -0.1) is 0 Å². The molecule has 2 aliphatic heterocycles. The Kier molecular flexibility index (Phi) is 9.24. The summed E-state index contributed by atoms with van der Waals surface area (Å²) < 4.78 is 0. The van der Waals surface area contributed by atoms with E-state index < -0.39 is 0 Å². The maximum atomic E-state index is 7.39. The van der Waals surface area contributed by atoms with E-state index in [9.17, 15) is 0 Å². The topological polar surface area (TPSA) is 194 Å². The van der Waals surface area contributed by atoms with Crippen molar-refractivity contribution < 1.29 is 0 Å². The van der Waals surface area contributed by atoms with Gasteiger partial charge < -0.3 is 32.7 Å². The zero-order valence-electron chi connectivity index (χ0n) is 15.5. The molecule has 0 aliphatic carbocycles. The Balaban J connectivity index is 0.000000260. The van der Waals surface area contributed by atoms with Crippen molar-refractivity contribution >= 4 is 23.7 Å². The Bertz CT molecular complexity index is 485. The van der Waals surface area contributed by atoms with Crippen LogP contribution >= 0.6 is 0 Å². The van der Waals surface area contributed by atoms with Crippen molar-refractivity contribution in [2.24, 2.45) is 27.9 Å². The van der Waals surface area contributed by atoms with Gasteiger partial charge in [0, 0.05) is 19.6 Å². The van der Waals surface area contributed by atoms with Crippen LogP contribution in [-0.4, -0.2) is 59.2 Å². The zero-order chi connectivity index (χ0) is 19.5. The fourth-order valence-electron chi connectivity index (χ4n) is 3.21. The summed E-state index contributed by atoms with van der Waals surface area (Å²) >= 11 is 0. The average Bonchev–Trinajstić information content (AvgIpc) is 2.98. The summed E-state index contributed by atoms with van der Waals surface area (Å²) in [6, 6.07) is -0.153. The highest BCUT2D eigenvalue weighted by Gasteiger charge is 2.23. The fourth-order valence-corrected chi connectivity index (χ4v) is 3.21. The highest BCUT2D eigenvalue weighted by molar-refractivity contribution is 5.91. The van der Waals surface area contributed by atoms with Gasteiger partial charge in [-0.25, -0.2) is 0 Å². The monoisotopic (exact) mass is 366 g/mol. The van der Waals surface area contributed by atoms with Gasteiger partial charge in [-0.05, 0) is 25.7 Å². The molecular weight excluding hydrogens is 332 g/mol. The van der Waals surface area contributed by atoms with E-state index in [1.54, 1.807) is 4.90 Å². The second kappa shape index (κ2) is 11.2. The van der Waals surface area contributed by atoms with Gasteiger partial charge in [-0.1, -0.05) is 25.7 Å². The van der Waals surface area contributed by atoms with E-state index in [0.717, 1.165) is 58.2 Å². The molecule has 2 heterocycles. The van der Waals surface area contributed by atoms with Crippen LogP contribution in [0.3, 0.4) is 0 Å². The van der Waals surface area contributed by atoms with Crippen molar-refractivity contribution in [1.82, 2.24) is 9.80 Å². The van der Waals surface area contributed by atoms with Gasteiger partial charge in [0.15, 0.2) is 11.9 Å². The predicted octanol–water partition coefficient (Wildman–Crippen LogP) is 0.131. The van der Waals surface area contributed by atoms with Crippen molar-refractivity contribution in [3.05, 3.63) is 0 Å². The lowest BCUT2D eigenvalue weighted by molar-refractivity contribution is 0.374. The zero-order valence-corrected chi connectivity index (χ0v) is 15.5. The smallest absolute Gasteiger partial charge is 0.215 e. The third-order valence-corrected chi connectivity index (χ3v) is 4.59. The highest BCUT2D eigenvalue weighted by Crippen LogP contribution is 2.15. The molecule has 26 heavy (non-hydrogen) atoms. The van der Waals surface area contributed by atoms with Gasteiger partial charge in [0.2, 0.25) is 5.96 Å². The molecule has 0 aromatic carbocycles. The minimum atomic E-state index is -0.221. The molecular formula is C16H34N10. The number of rotatable bonds is 1. The first-order valence-electron chi connectivity index (χ1n) is 9.20. The summed E-state index contributed by atoms with van der Waals surface area (Å²) in [7, 11) is 0. The maximum Gasteiger partial charge on any atom is 0.215 e. The van der Waals surface area contributed by atoms with Crippen molar-refractivity contribution in [3.63, 3.8) is 0 Å². The summed E-state index contributed by atoms with van der Waals surface area (Å²) in [6.07, 6.45) is 8.87. The van der Waals surface area contributed by atoms with Crippen LogP contribution in [0.15, 0.2) is 4.99 Å². The standard InChI is InChI=1S/2C8H17N5/c9-7(10)12-8(11)13-5-3-1-2-4-6-13;9-7(10)6-4-2-1-3-5-13(6)8(11)12/h1-6H2,(H5,9,10,11,12);6H,1-5H2,(H3,9,10)(H3,11,12). The highest BCUT2D eigenvalue weighted by atomic mass is 15.3. The number of amidine groups is 1. The Morgan fingerprint density at radius 3 is 1.81 bits per heavy atom. The van der Waals surface area contributed by atoms with Gasteiger partial charge in [-0.2, -0.15) is 4.99 Å². The predicted molar refractivity (Wildman–Crippen MR) is 106 cm³/mol. The Morgan fingerprint density at radius 2 is 1.31 bits per heavy atom. The molecule has 2 aliphatic rings. The summed E-state index contributed by atoms with van der Waals surface area (Å²) in [6.45, 7) is 2.62. The van der Waals surface area contributed by atoms with E-state index >= 15 is 0 Å². The number of aliphatic imine (C=N–C) groups is 1. The number of nitrogens with zero attached hydrogens (tertiary/aromatic N) is 3. The molecule has 11 N–H and O–H groups in total. The van der Waals surface area contributed by atoms with E-state index in [0.29, 0.717) is 5.96 Å². The number of hydrogen-bond acceptors (Lipinski definition) is 3. The van der Waals surface area contributed by atoms with Gasteiger partial charge in [-0.3, -0.25) is 16.2 Å². The second-order valence-electron chi connectivity index (χ2n) is 6.66.